The van der Waals surface area contributed by atoms with Crippen molar-refractivity contribution in [2.75, 3.05) is 11.4 Å². The summed E-state index contributed by atoms with van der Waals surface area (Å²) in [5.41, 5.74) is 1.42. The van der Waals surface area contributed by atoms with E-state index in [0.717, 1.165) is 12.0 Å². The molecule has 0 N–H and O–H groups in total. The van der Waals surface area contributed by atoms with Gasteiger partial charge in [-0.3, -0.25) is 9.59 Å². The highest BCUT2D eigenvalue weighted by Crippen LogP contribution is 2.29. The van der Waals surface area contributed by atoms with Crippen molar-refractivity contribution < 1.29 is 14.0 Å². The fourth-order valence-electron chi connectivity index (χ4n) is 2.70. The number of benzene rings is 1. The molecule has 1 fully saturated rings. The molecule has 108 valence electrons. The minimum atomic E-state index is -0.548. The maximum absolute atomic E-state index is 13.2. The number of anilines is 1. The van der Waals surface area contributed by atoms with Crippen LogP contribution in [0.25, 0.3) is 0 Å². The van der Waals surface area contributed by atoms with Crippen LogP contribution in [-0.2, 0) is 9.59 Å². The second-order valence-electron chi connectivity index (χ2n) is 5.67. The second-order valence-corrected chi connectivity index (χ2v) is 5.67. The van der Waals surface area contributed by atoms with Crippen LogP contribution in [0.15, 0.2) is 18.2 Å². The predicted molar refractivity (Wildman–Crippen MR) is 76.1 cm³/mol. The molecule has 1 atom stereocenters. The molecule has 0 aromatic heterocycles. The summed E-state index contributed by atoms with van der Waals surface area (Å²) in [5, 5.41) is 0. The molecule has 1 heterocycles. The van der Waals surface area contributed by atoms with E-state index in [9.17, 15) is 14.0 Å². The van der Waals surface area contributed by atoms with Crippen LogP contribution in [0.5, 0.6) is 0 Å². The van der Waals surface area contributed by atoms with Gasteiger partial charge in [0.25, 0.3) is 0 Å². The van der Waals surface area contributed by atoms with Crippen LogP contribution in [0.4, 0.5) is 10.1 Å². The van der Waals surface area contributed by atoms with Crippen molar-refractivity contribution >= 4 is 17.4 Å². The molecule has 1 saturated heterocycles. The first-order chi connectivity index (χ1) is 9.41. The number of halogens is 1. The Hall–Kier alpha value is -1.71. The summed E-state index contributed by atoms with van der Waals surface area (Å²) in [4.78, 5) is 26.3. The van der Waals surface area contributed by atoms with Gasteiger partial charge in [-0.1, -0.05) is 13.8 Å². The Balaban J connectivity index is 2.28. The maximum Gasteiger partial charge on any atom is 0.237 e. The molecule has 1 aliphatic heterocycles. The number of hydrogen-bond donors (Lipinski definition) is 0. The predicted octanol–water partition coefficient (Wildman–Crippen LogP) is 3.10. The number of piperidine rings is 1. The summed E-state index contributed by atoms with van der Waals surface area (Å²) in [6.45, 7) is 6.00. The monoisotopic (exact) mass is 277 g/mol. The Bertz CT molecular complexity index is 539. The van der Waals surface area contributed by atoms with Gasteiger partial charge < -0.3 is 4.90 Å². The molecular weight excluding hydrogens is 257 g/mol. The van der Waals surface area contributed by atoms with Crippen LogP contribution < -0.4 is 4.90 Å². The number of carbonyl (C=O) groups is 2. The lowest BCUT2D eigenvalue weighted by Crippen LogP contribution is -2.45. The van der Waals surface area contributed by atoms with Crippen molar-refractivity contribution in [2.45, 2.75) is 33.6 Å². The summed E-state index contributed by atoms with van der Waals surface area (Å²) in [5.74, 6) is -1.15. The third kappa shape index (κ3) is 2.74. The van der Waals surface area contributed by atoms with E-state index in [1.807, 2.05) is 13.8 Å². The van der Waals surface area contributed by atoms with Crippen LogP contribution in [-0.4, -0.2) is 18.2 Å². The van der Waals surface area contributed by atoms with E-state index in [1.165, 1.54) is 12.1 Å². The van der Waals surface area contributed by atoms with Crippen LogP contribution >= 0.6 is 0 Å². The van der Waals surface area contributed by atoms with E-state index in [1.54, 1.807) is 17.9 Å². The first kappa shape index (κ1) is 14.7. The minimum Gasteiger partial charge on any atom is -0.312 e. The van der Waals surface area contributed by atoms with E-state index in [-0.39, 0.29) is 23.4 Å². The van der Waals surface area contributed by atoms with Crippen LogP contribution in [0, 0.1) is 24.6 Å². The average Bonchev–Trinajstić information content (AvgIpc) is 2.39. The van der Waals surface area contributed by atoms with E-state index in [4.69, 9.17) is 0 Å². The smallest absolute Gasteiger partial charge is 0.237 e. The summed E-state index contributed by atoms with van der Waals surface area (Å²) in [6, 6.07) is 4.38. The van der Waals surface area contributed by atoms with Gasteiger partial charge in [-0.2, -0.15) is 0 Å². The van der Waals surface area contributed by atoms with Gasteiger partial charge in [0, 0.05) is 18.2 Å². The third-order valence-corrected chi connectivity index (χ3v) is 3.80. The zero-order chi connectivity index (χ0) is 14.9. The fourth-order valence-corrected chi connectivity index (χ4v) is 2.70. The normalized spacial score (nSPS) is 19.6. The van der Waals surface area contributed by atoms with Gasteiger partial charge >= 0.3 is 0 Å². The molecule has 2 rings (SSSR count). The first-order valence-electron chi connectivity index (χ1n) is 7.03. The molecular formula is C16H20FNO2. The molecule has 1 amide bonds. The van der Waals surface area contributed by atoms with Crippen molar-refractivity contribution in [3.05, 3.63) is 29.6 Å². The number of rotatable bonds is 3. The van der Waals surface area contributed by atoms with E-state index < -0.39 is 5.92 Å². The summed E-state index contributed by atoms with van der Waals surface area (Å²) in [7, 11) is 0. The summed E-state index contributed by atoms with van der Waals surface area (Å²) in [6.07, 6.45) is 1.41. The largest absolute Gasteiger partial charge is 0.312 e. The van der Waals surface area contributed by atoms with Crippen molar-refractivity contribution in [3.63, 3.8) is 0 Å². The number of amides is 1. The fraction of sp³-hybridized carbons (Fsp3) is 0.500. The number of aryl methyl sites for hydroxylation is 1. The number of Topliss-reactive ketones (excluding diaryl/α,β-unsaturated/α-hetero) is 1. The lowest BCUT2D eigenvalue weighted by atomic mass is 9.87. The van der Waals surface area contributed by atoms with E-state index in [2.05, 4.69) is 0 Å². The lowest BCUT2D eigenvalue weighted by Gasteiger charge is -2.33. The Morgan fingerprint density at radius 2 is 2.10 bits per heavy atom. The van der Waals surface area contributed by atoms with Gasteiger partial charge in [0.1, 0.15) is 11.6 Å². The standard InChI is InChI=1S/C16H20FNO2/c1-10(2)15(19)13-5-4-8-18(16(13)20)14-7-6-12(17)9-11(14)3/h6-7,9-10,13H,4-5,8H2,1-3H3. The maximum atomic E-state index is 13.2. The Kier molecular flexibility index (Phi) is 4.21. The highest BCUT2D eigenvalue weighted by Gasteiger charge is 2.35. The molecule has 1 aromatic rings. The molecule has 0 radical (unpaired) electrons. The molecule has 1 unspecified atom stereocenters. The van der Waals surface area contributed by atoms with Gasteiger partial charge in [0.2, 0.25) is 5.91 Å². The number of carbonyl (C=O) groups excluding carboxylic acids is 2. The van der Waals surface area contributed by atoms with Gasteiger partial charge in [-0.25, -0.2) is 4.39 Å². The first-order valence-corrected chi connectivity index (χ1v) is 7.03. The molecule has 1 aliphatic rings. The van der Waals surface area contributed by atoms with E-state index in [0.29, 0.717) is 18.7 Å². The SMILES string of the molecule is Cc1cc(F)ccc1N1CCCC(C(=O)C(C)C)C1=O. The van der Waals surface area contributed by atoms with Crippen molar-refractivity contribution in [2.24, 2.45) is 11.8 Å². The Morgan fingerprint density at radius 3 is 2.70 bits per heavy atom. The molecule has 20 heavy (non-hydrogen) atoms. The number of hydrogen-bond acceptors (Lipinski definition) is 2. The topological polar surface area (TPSA) is 37.4 Å². The lowest BCUT2D eigenvalue weighted by molar-refractivity contribution is -0.135. The van der Waals surface area contributed by atoms with Crippen molar-refractivity contribution in [1.82, 2.24) is 0 Å². The Morgan fingerprint density at radius 1 is 1.40 bits per heavy atom. The van der Waals surface area contributed by atoms with Gasteiger partial charge in [0.15, 0.2) is 0 Å². The molecule has 1 aromatic carbocycles. The second kappa shape index (κ2) is 5.73. The van der Waals surface area contributed by atoms with Crippen LogP contribution in [0.2, 0.25) is 0 Å². The average molecular weight is 277 g/mol. The van der Waals surface area contributed by atoms with Gasteiger partial charge in [-0.05, 0) is 43.5 Å². The van der Waals surface area contributed by atoms with Crippen LogP contribution in [0.1, 0.15) is 32.3 Å². The number of ketones is 1. The highest BCUT2D eigenvalue weighted by molar-refractivity contribution is 6.09. The molecule has 0 spiro atoms. The summed E-state index contributed by atoms with van der Waals surface area (Å²) < 4.78 is 13.2. The van der Waals surface area contributed by atoms with Gasteiger partial charge in [0.05, 0.1) is 5.92 Å². The van der Waals surface area contributed by atoms with Crippen LogP contribution in [0.3, 0.4) is 0 Å². The molecule has 0 aliphatic carbocycles. The van der Waals surface area contributed by atoms with Crippen molar-refractivity contribution in [3.8, 4) is 0 Å². The zero-order valence-corrected chi connectivity index (χ0v) is 12.1. The minimum absolute atomic E-state index is 0.000496. The van der Waals surface area contributed by atoms with Crippen molar-refractivity contribution in [1.29, 1.82) is 0 Å². The quantitative estimate of drug-likeness (QED) is 0.796. The molecule has 0 bridgehead atoms. The third-order valence-electron chi connectivity index (χ3n) is 3.80. The van der Waals surface area contributed by atoms with E-state index >= 15 is 0 Å². The Labute approximate surface area is 118 Å². The molecule has 4 heteroatoms. The number of nitrogens with zero attached hydrogens (tertiary/aromatic N) is 1. The van der Waals surface area contributed by atoms with Gasteiger partial charge in [-0.15, -0.1) is 0 Å². The zero-order valence-electron chi connectivity index (χ0n) is 12.1. The molecule has 3 nitrogen and oxygen atoms in total. The highest BCUT2D eigenvalue weighted by atomic mass is 19.1. The molecule has 0 saturated carbocycles. The summed E-state index contributed by atoms with van der Waals surface area (Å²) >= 11 is 0.